The van der Waals surface area contributed by atoms with E-state index in [0.29, 0.717) is 30.7 Å². The van der Waals surface area contributed by atoms with Crippen LogP contribution < -0.4 is 4.74 Å². The number of aryl methyl sites for hydroxylation is 1. The van der Waals surface area contributed by atoms with E-state index in [0.717, 1.165) is 22.7 Å². The van der Waals surface area contributed by atoms with Gasteiger partial charge in [-0.25, -0.2) is 4.68 Å². The minimum absolute atomic E-state index is 0.0810. The number of hydrogen-bond acceptors (Lipinski definition) is 4. The van der Waals surface area contributed by atoms with Gasteiger partial charge in [-0.05, 0) is 56.2 Å². The topological polar surface area (TPSA) is 67.9 Å². The fraction of sp³-hybridized carbons (Fsp3) is 0.208. The third-order valence-electron chi connectivity index (χ3n) is 4.53. The summed E-state index contributed by atoms with van der Waals surface area (Å²) in [6, 6.07) is 19.4. The molecule has 0 N–H and O–H groups in total. The molecule has 0 saturated carbocycles. The lowest BCUT2D eigenvalue weighted by Gasteiger charge is -2.05. The molecule has 2 aromatic carbocycles. The molecule has 0 aliphatic carbocycles. The van der Waals surface area contributed by atoms with Gasteiger partial charge < -0.3 is 4.74 Å². The van der Waals surface area contributed by atoms with Gasteiger partial charge in [0.15, 0.2) is 5.78 Å². The van der Waals surface area contributed by atoms with Crippen LogP contribution in [0.4, 0.5) is 0 Å². The highest BCUT2D eigenvalue weighted by molar-refractivity contribution is 6.08. The lowest BCUT2D eigenvalue weighted by molar-refractivity contribution is 0.104. The van der Waals surface area contributed by atoms with Crippen molar-refractivity contribution >= 4 is 11.9 Å². The van der Waals surface area contributed by atoms with Crippen LogP contribution in [0.1, 0.15) is 40.2 Å². The van der Waals surface area contributed by atoms with Crippen LogP contribution in [0.5, 0.6) is 5.75 Å². The summed E-state index contributed by atoms with van der Waals surface area (Å²) in [5.74, 6) is 0.643. The van der Waals surface area contributed by atoms with Crippen LogP contribution >= 0.6 is 0 Å². The molecule has 0 unspecified atom stereocenters. The third kappa shape index (κ3) is 4.99. The van der Waals surface area contributed by atoms with Gasteiger partial charge in [-0.3, -0.25) is 4.79 Å². The van der Waals surface area contributed by atoms with E-state index in [1.54, 1.807) is 16.8 Å². The molecule has 29 heavy (non-hydrogen) atoms. The van der Waals surface area contributed by atoms with Crippen molar-refractivity contribution in [2.24, 2.45) is 0 Å². The molecular formula is C24H23N3O2. The largest absolute Gasteiger partial charge is 0.494 e. The molecule has 0 fully saturated rings. The molecule has 3 rings (SSSR count). The van der Waals surface area contributed by atoms with Crippen LogP contribution in [-0.2, 0) is 0 Å². The van der Waals surface area contributed by atoms with Gasteiger partial charge in [-0.1, -0.05) is 36.4 Å². The summed E-state index contributed by atoms with van der Waals surface area (Å²) < 4.78 is 7.45. The van der Waals surface area contributed by atoms with E-state index in [1.807, 2.05) is 68.4 Å². The molecule has 5 nitrogen and oxygen atoms in total. The zero-order valence-electron chi connectivity index (χ0n) is 16.6. The van der Waals surface area contributed by atoms with Gasteiger partial charge >= 0.3 is 0 Å². The van der Waals surface area contributed by atoms with Gasteiger partial charge in [0, 0.05) is 6.42 Å². The highest BCUT2D eigenvalue weighted by Crippen LogP contribution is 2.20. The third-order valence-corrected chi connectivity index (χ3v) is 4.53. The number of ether oxygens (including phenoxy) is 1. The number of ketones is 1. The first kappa shape index (κ1) is 20.1. The van der Waals surface area contributed by atoms with Crippen LogP contribution in [0.3, 0.4) is 0 Å². The van der Waals surface area contributed by atoms with E-state index < -0.39 is 0 Å². The van der Waals surface area contributed by atoms with E-state index >= 15 is 0 Å². The molecule has 0 spiro atoms. The summed E-state index contributed by atoms with van der Waals surface area (Å²) >= 11 is 0. The number of nitrogens with zero attached hydrogens (tertiary/aromatic N) is 3. The van der Waals surface area contributed by atoms with Gasteiger partial charge in [0.25, 0.3) is 0 Å². The maximum Gasteiger partial charge on any atom is 0.189 e. The fourth-order valence-corrected chi connectivity index (χ4v) is 3.12. The lowest BCUT2D eigenvalue weighted by atomic mass is 10.1. The van der Waals surface area contributed by atoms with Gasteiger partial charge in [-0.2, -0.15) is 10.4 Å². The molecule has 0 radical (unpaired) electrons. The number of allylic oxidation sites excluding steroid dienone is 1. The van der Waals surface area contributed by atoms with E-state index in [1.165, 1.54) is 0 Å². The zero-order valence-corrected chi connectivity index (χ0v) is 16.6. The molecule has 0 amide bonds. The molecule has 1 heterocycles. The van der Waals surface area contributed by atoms with E-state index in [2.05, 4.69) is 11.2 Å². The van der Waals surface area contributed by atoms with Gasteiger partial charge in [-0.15, -0.1) is 0 Å². The van der Waals surface area contributed by atoms with Crippen molar-refractivity contribution in [3.8, 4) is 17.5 Å². The maximum atomic E-state index is 12.8. The van der Waals surface area contributed by atoms with Crippen molar-refractivity contribution in [2.75, 3.05) is 6.61 Å². The number of carbonyl (C=O) groups excluding carboxylic acids is 1. The average molecular weight is 385 g/mol. The number of benzene rings is 2. The SMILES string of the molecule is Cc1nn(-c2ccccc2)c(C)c1C(=O)/C=C/c1cccc(OCCCC#N)c1. The van der Waals surface area contributed by atoms with Crippen molar-refractivity contribution in [3.05, 3.63) is 83.2 Å². The fourth-order valence-electron chi connectivity index (χ4n) is 3.12. The molecule has 5 heteroatoms. The van der Waals surface area contributed by atoms with Crippen molar-refractivity contribution in [3.63, 3.8) is 0 Å². The molecular weight excluding hydrogens is 362 g/mol. The minimum atomic E-state index is -0.0810. The van der Waals surface area contributed by atoms with Gasteiger partial charge in [0.05, 0.1) is 35.3 Å². The Morgan fingerprint density at radius 3 is 2.72 bits per heavy atom. The van der Waals surface area contributed by atoms with Crippen LogP contribution in [0.25, 0.3) is 11.8 Å². The molecule has 146 valence electrons. The van der Waals surface area contributed by atoms with Crippen molar-refractivity contribution < 1.29 is 9.53 Å². The standard InChI is InChI=1S/C24H23N3O2/c1-18-24(19(2)27(26-18)21-10-4-3-5-11-21)23(28)14-13-20-9-8-12-22(17-20)29-16-7-6-15-25/h3-5,8-14,17H,6-7,16H2,1-2H3/b14-13+. The highest BCUT2D eigenvalue weighted by atomic mass is 16.5. The summed E-state index contributed by atoms with van der Waals surface area (Å²) in [6.07, 6.45) is 4.52. The Kier molecular flexibility index (Phi) is 6.59. The Bertz CT molecular complexity index is 1060. The molecule has 0 saturated heterocycles. The van der Waals surface area contributed by atoms with E-state index in [4.69, 9.17) is 10.00 Å². The number of rotatable bonds is 8. The van der Waals surface area contributed by atoms with Crippen molar-refractivity contribution in [1.82, 2.24) is 9.78 Å². The van der Waals surface area contributed by atoms with Crippen LogP contribution in [0, 0.1) is 25.2 Å². The van der Waals surface area contributed by atoms with Gasteiger partial charge in [0.1, 0.15) is 5.75 Å². The smallest absolute Gasteiger partial charge is 0.189 e. The van der Waals surface area contributed by atoms with E-state index in [-0.39, 0.29) is 5.78 Å². The number of hydrogen-bond donors (Lipinski definition) is 0. The number of aromatic nitrogens is 2. The molecule has 0 aliphatic heterocycles. The second-order valence-electron chi connectivity index (χ2n) is 6.67. The Labute approximate surface area is 170 Å². The quantitative estimate of drug-likeness (QED) is 0.308. The second kappa shape index (κ2) is 9.52. The normalized spacial score (nSPS) is 10.8. The molecule has 3 aromatic rings. The molecule has 0 bridgehead atoms. The first-order chi connectivity index (χ1) is 14.1. The summed E-state index contributed by atoms with van der Waals surface area (Å²) in [4.78, 5) is 12.8. The number of nitriles is 1. The monoisotopic (exact) mass is 385 g/mol. The van der Waals surface area contributed by atoms with Crippen LogP contribution in [0.2, 0.25) is 0 Å². The summed E-state index contributed by atoms with van der Waals surface area (Å²) in [5.41, 5.74) is 3.95. The molecule has 1 aromatic heterocycles. The van der Waals surface area contributed by atoms with Crippen LogP contribution in [0.15, 0.2) is 60.7 Å². The Balaban J connectivity index is 1.75. The lowest BCUT2D eigenvalue weighted by Crippen LogP contribution is -2.01. The predicted molar refractivity (Wildman–Crippen MR) is 113 cm³/mol. The minimum Gasteiger partial charge on any atom is -0.494 e. The van der Waals surface area contributed by atoms with Gasteiger partial charge in [0.2, 0.25) is 0 Å². The number of carbonyl (C=O) groups is 1. The summed E-state index contributed by atoms with van der Waals surface area (Å²) in [5, 5.41) is 13.1. The predicted octanol–water partition coefficient (Wildman–Crippen LogP) is 5.07. The van der Waals surface area contributed by atoms with E-state index in [9.17, 15) is 4.79 Å². The zero-order chi connectivity index (χ0) is 20.6. The number of unbranched alkanes of at least 4 members (excludes halogenated alkanes) is 1. The Morgan fingerprint density at radius 2 is 1.97 bits per heavy atom. The number of para-hydroxylation sites is 1. The highest BCUT2D eigenvalue weighted by Gasteiger charge is 2.17. The summed E-state index contributed by atoms with van der Waals surface area (Å²) in [7, 11) is 0. The Morgan fingerprint density at radius 1 is 1.17 bits per heavy atom. The molecule has 0 aliphatic rings. The summed E-state index contributed by atoms with van der Waals surface area (Å²) in [6.45, 7) is 4.25. The Hall–Kier alpha value is -3.65. The van der Waals surface area contributed by atoms with Crippen LogP contribution in [-0.4, -0.2) is 22.2 Å². The van der Waals surface area contributed by atoms with Crippen molar-refractivity contribution in [1.29, 1.82) is 5.26 Å². The maximum absolute atomic E-state index is 12.8. The first-order valence-corrected chi connectivity index (χ1v) is 9.54. The average Bonchev–Trinajstić information content (AvgIpc) is 3.04. The first-order valence-electron chi connectivity index (χ1n) is 9.54. The second-order valence-corrected chi connectivity index (χ2v) is 6.67. The van der Waals surface area contributed by atoms with Crippen molar-refractivity contribution in [2.45, 2.75) is 26.7 Å². The molecule has 0 atom stereocenters.